The largest absolute Gasteiger partial charge is 0.486 e. The van der Waals surface area contributed by atoms with E-state index < -0.39 is 6.04 Å². The van der Waals surface area contributed by atoms with Gasteiger partial charge < -0.3 is 40.6 Å². The molecule has 3 atom stereocenters. The molecule has 12 nitrogen and oxygen atoms in total. The second-order valence-electron chi connectivity index (χ2n) is 12.9. The van der Waals surface area contributed by atoms with Crippen molar-refractivity contribution in [3.63, 3.8) is 0 Å². The molecule has 2 aliphatic rings. The van der Waals surface area contributed by atoms with Crippen LogP contribution in [-0.2, 0) is 16.1 Å². The maximum atomic E-state index is 13.8. The smallest absolute Gasteiger partial charge is 0.258 e. The van der Waals surface area contributed by atoms with Gasteiger partial charge in [0.25, 0.3) is 5.91 Å². The first-order valence-corrected chi connectivity index (χ1v) is 16.9. The lowest BCUT2D eigenvalue weighted by Crippen LogP contribution is -2.49. The van der Waals surface area contributed by atoms with Crippen molar-refractivity contribution < 1.29 is 33.7 Å². The Labute approximate surface area is 287 Å². The van der Waals surface area contributed by atoms with Crippen LogP contribution in [0.2, 0.25) is 0 Å². The quantitative estimate of drug-likeness (QED) is 0.138. The van der Waals surface area contributed by atoms with Crippen LogP contribution in [0.4, 0.5) is 17.1 Å². The zero-order valence-electron chi connectivity index (χ0n) is 28.4. The highest BCUT2D eigenvalue weighted by atomic mass is 16.7. The van der Waals surface area contributed by atoms with Crippen molar-refractivity contribution in [1.82, 2.24) is 9.80 Å². The van der Waals surface area contributed by atoms with Gasteiger partial charge in [-0.2, -0.15) is 0 Å². The molecule has 0 spiro atoms. The molecule has 0 unspecified atom stereocenters. The minimum Gasteiger partial charge on any atom is -0.486 e. The van der Waals surface area contributed by atoms with Gasteiger partial charge in [-0.05, 0) is 68.8 Å². The van der Waals surface area contributed by atoms with E-state index >= 15 is 0 Å². The summed E-state index contributed by atoms with van der Waals surface area (Å²) in [7, 11) is 2.01. The number of rotatable bonds is 14. The van der Waals surface area contributed by atoms with Crippen LogP contribution >= 0.6 is 0 Å². The molecule has 5 N–H and O–H groups in total. The van der Waals surface area contributed by atoms with E-state index in [-0.39, 0.29) is 49.6 Å². The second kappa shape index (κ2) is 16.5. The standard InChI is InChI=1S/C37H47N5O7/c1-24-19-42(25(2)22-43)37(46)27-10-9-13-30(40-35(45)15-6-4-5-14-34(44)39-29-12-8-7-11-28(29)38)36(27)49-33(24)21-41(3)20-26-16-17-31-32(18-26)48-23-47-31/h7-13,16-18,24-25,33,43H,4-6,14-15,19-23,38H2,1-3H3,(H,39,44)(H,40,45)/t24-,25-,33+/m1/s1. The van der Waals surface area contributed by atoms with Crippen molar-refractivity contribution in [3.8, 4) is 17.2 Å². The number of hydrogen-bond donors (Lipinski definition) is 4. The van der Waals surface area contributed by atoms with E-state index in [0.29, 0.717) is 73.7 Å². The molecule has 0 aromatic heterocycles. The number of aliphatic hydroxyl groups excluding tert-OH is 1. The molecule has 262 valence electrons. The fourth-order valence-corrected chi connectivity index (χ4v) is 6.07. The Balaban J connectivity index is 1.23. The molecule has 0 radical (unpaired) electrons. The predicted molar refractivity (Wildman–Crippen MR) is 188 cm³/mol. The van der Waals surface area contributed by atoms with Crippen LogP contribution in [0.1, 0.15) is 61.9 Å². The summed E-state index contributed by atoms with van der Waals surface area (Å²) < 4.78 is 17.7. The number of nitrogens with zero attached hydrogens (tertiary/aromatic N) is 2. The first-order chi connectivity index (χ1) is 23.6. The third-order valence-corrected chi connectivity index (χ3v) is 8.89. The lowest BCUT2D eigenvalue weighted by Gasteiger charge is -2.38. The number of para-hydroxylation sites is 3. The number of amides is 3. The monoisotopic (exact) mass is 673 g/mol. The summed E-state index contributed by atoms with van der Waals surface area (Å²) in [6, 6.07) is 17.8. The summed E-state index contributed by atoms with van der Waals surface area (Å²) in [6.45, 7) is 5.46. The highest BCUT2D eigenvalue weighted by Gasteiger charge is 2.34. The number of nitrogen functional groups attached to an aromatic ring is 1. The van der Waals surface area contributed by atoms with Crippen LogP contribution < -0.4 is 30.6 Å². The highest BCUT2D eigenvalue weighted by Crippen LogP contribution is 2.36. The maximum Gasteiger partial charge on any atom is 0.258 e. The van der Waals surface area contributed by atoms with E-state index in [1.165, 1.54) is 0 Å². The van der Waals surface area contributed by atoms with Crippen molar-refractivity contribution in [2.24, 2.45) is 5.92 Å². The Hall–Kier alpha value is -4.81. The minimum atomic E-state index is -0.404. The molecule has 12 heteroatoms. The number of hydrogen-bond acceptors (Lipinski definition) is 9. The van der Waals surface area contributed by atoms with Crippen LogP contribution in [0.25, 0.3) is 0 Å². The first-order valence-electron chi connectivity index (χ1n) is 16.9. The van der Waals surface area contributed by atoms with Gasteiger partial charge in [-0.1, -0.05) is 37.6 Å². The Morgan fingerprint density at radius 3 is 2.41 bits per heavy atom. The number of nitrogens with one attached hydrogen (secondary N) is 2. The van der Waals surface area contributed by atoms with Crippen LogP contribution in [0.15, 0.2) is 60.7 Å². The molecular formula is C37H47N5O7. The average Bonchev–Trinajstić information content (AvgIpc) is 3.55. The number of nitrogens with two attached hydrogens (primary N) is 1. The molecule has 49 heavy (non-hydrogen) atoms. The van der Waals surface area contributed by atoms with E-state index in [2.05, 4.69) is 15.5 Å². The number of fused-ring (bicyclic) bond motifs is 2. The van der Waals surface area contributed by atoms with Crippen LogP contribution in [0.5, 0.6) is 17.2 Å². The van der Waals surface area contributed by atoms with Crippen molar-refractivity contribution in [3.05, 3.63) is 71.8 Å². The van der Waals surface area contributed by atoms with Gasteiger partial charge in [-0.15, -0.1) is 0 Å². The first kappa shape index (κ1) is 35.5. The van der Waals surface area contributed by atoms with Gasteiger partial charge in [-0.3, -0.25) is 19.3 Å². The second-order valence-corrected chi connectivity index (χ2v) is 12.9. The summed E-state index contributed by atoms with van der Waals surface area (Å²) in [4.78, 5) is 43.1. The Bertz CT molecular complexity index is 1630. The molecule has 0 saturated carbocycles. The molecule has 2 aliphatic heterocycles. The van der Waals surface area contributed by atoms with Gasteiger partial charge in [0.2, 0.25) is 18.6 Å². The normalized spacial score (nSPS) is 17.5. The summed E-state index contributed by atoms with van der Waals surface area (Å²) in [6.07, 6.45) is 2.14. The van der Waals surface area contributed by atoms with Gasteiger partial charge in [0.1, 0.15) is 6.10 Å². The summed E-state index contributed by atoms with van der Waals surface area (Å²) in [5, 5.41) is 15.8. The van der Waals surface area contributed by atoms with Crippen molar-refractivity contribution in [1.29, 1.82) is 0 Å². The van der Waals surface area contributed by atoms with E-state index in [4.69, 9.17) is 19.9 Å². The molecule has 3 aromatic carbocycles. The third kappa shape index (κ3) is 9.21. The van der Waals surface area contributed by atoms with Gasteiger partial charge in [0.15, 0.2) is 17.2 Å². The minimum absolute atomic E-state index is 0.0930. The lowest BCUT2D eigenvalue weighted by atomic mass is 9.98. The summed E-state index contributed by atoms with van der Waals surface area (Å²) in [5.41, 5.74) is 8.82. The third-order valence-electron chi connectivity index (χ3n) is 8.89. The number of anilines is 3. The van der Waals surface area contributed by atoms with Gasteiger partial charge >= 0.3 is 0 Å². The highest BCUT2D eigenvalue weighted by molar-refractivity contribution is 6.01. The molecular weight excluding hydrogens is 626 g/mol. The van der Waals surface area contributed by atoms with Gasteiger partial charge in [0.05, 0.1) is 35.3 Å². The van der Waals surface area contributed by atoms with Gasteiger partial charge in [0, 0.05) is 38.4 Å². The Morgan fingerprint density at radius 1 is 0.980 bits per heavy atom. The molecule has 3 amide bonds. The van der Waals surface area contributed by atoms with Crippen LogP contribution in [-0.4, -0.2) is 78.3 Å². The maximum absolute atomic E-state index is 13.8. The number of ether oxygens (including phenoxy) is 3. The van der Waals surface area contributed by atoms with Crippen molar-refractivity contribution in [2.45, 2.75) is 64.6 Å². The van der Waals surface area contributed by atoms with E-state index in [1.54, 1.807) is 35.2 Å². The van der Waals surface area contributed by atoms with E-state index in [1.807, 2.05) is 51.2 Å². The molecule has 0 bridgehead atoms. The topological polar surface area (TPSA) is 156 Å². The number of carbonyl (C=O) groups is 3. The van der Waals surface area contributed by atoms with Crippen LogP contribution in [0, 0.1) is 5.92 Å². The summed E-state index contributed by atoms with van der Waals surface area (Å²) >= 11 is 0. The fraction of sp³-hybridized carbons (Fsp3) is 0.432. The summed E-state index contributed by atoms with van der Waals surface area (Å²) in [5.74, 6) is 1.09. The zero-order valence-corrected chi connectivity index (χ0v) is 28.4. The molecule has 0 saturated heterocycles. The Morgan fingerprint density at radius 2 is 1.67 bits per heavy atom. The number of unbranched alkanes of at least 4 members (excludes halogenated alkanes) is 2. The number of carbonyl (C=O) groups excluding carboxylic acids is 3. The molecule has 2 heterocycles. The molecule has 0 aliphatic carbocycles. The number of benzene rings is 3. The molecule has 3 aromatic rings. The lowest BCUT2D eigenvalue weighted by molar-refractivity contribution is -0.116. The number of likely N-dealkylation sites (N-methyl/N-ethyl adjacent to an activating group) is 1. The number of aliphatic hydroxyl groups is 1. The Kier molecular flexibility index (Phi) is 12.0. The van der Waals surface area contributed by atoms with E-state index in [0.717, 1.165) is 17.1 Å². The fourth-order valence-electron chi connectivity index (χ4n) is 6.07. The van der Waals surface area contributed by atoms with Crippen LogP contribution in [0.3, 0.4) is 0 Å². The predicted octanol–water partition coefficient (Wildman–Crippen LogP) is 4.88. The van der Waals surface area contributed by atoms with Gasteiger partial charge in [-0.25, -0.2) is 0 Å². The SMILES string of the molecule is C[C@@H]1CN([C@H](C)CO)C(=O)c2cccc(NC(=O)CCCCCC(=O)Nc3ccccc3N)c2O[C@H]1CN(C)Cc1ccc2c(c1)OCO2. The molecule has 0 fully saturated rings. The van der Waals surface area contributed by atoms with Crippen molar-refractivity contribution in [2.75, 3.05) is 49.9 Å². The van der Waals surface area contributed by atoms with Crippen molar-refractivity contribution >= 4 is 34.8 Å². The van der Waals surface area contributed by atoms with E-state index in [9.17, 15) is 19.5 Å². The molecule has 5 rings (SSSR count). The zero-order chi connectivity index (χ0) is 34.9. The average molecular weight is 674 g/mol.